The molecule has 6 atom stereocenters. The number of esters is 1. The predicted molar refractivity (Wildman–Crippen MR) is 104 cm³/mol. The number of alkyl carbamates (subject to hydrolysis) is 1. The number of cyclic esters (lactones) is 1. The lowest BCUT2D eigenvalue weighted by Crippen LogP contribution is -2.48. The van der Waals surface area contributed by atoms with Crippen LogP contribution in [-0.4, -0.2) is 54.5 Å². The Balaban J connectivity index is 2.43. The standard InChI is InChI=1S/C21H31NO8/c1-11-7-21(6,29-10-23)8-12(2)17(25)20(4,5)18(26)28-9-14-15(13(3)16(11)24)22-19(27)30-14/h10-15H,7-9H2,1-6H3,(H,22,27)/t11-,12-,13?,14?,15?,21-/m1/s1. The van der Waals surface area contributed by atoms with E-state index in [1.165, 1.54) is 13.8 Å². The summed E-state index contributed by atoms with van der Waals surface area (Å²) in [5.74, 6) is -3.02. The van der Waals surface area contributed by atoms with Crippen LogP contribution >= 0.6 is 0 Å². The average Bonchev–Trinajstić information content (AvgIpc) is 3.03. The molecule has 0 aliphatic carbocycles. The van der Waals surface area contributed by atoms with E-state index in [4.69, 9.17) is 14.2 Å². The summed E-state index contributed by atoms with van der Waals surface area (Å²) in [5, 5.41) is 2.61. The van der Waals surface area contributed by atoms with Crippen molar-refractivity contribution in [3.8, 4) is 0 Å². The van der Waals surface area contributed by atoms with Gasteiger partial charge in [0.05, 0.1) is 6.04 Å². The molecule has 9 nitrogen and oxygen atoms in total. The molecule has 2 aliphatic rings. The van der Waals surface area contributed by atoms with Crippen LogP contribution in [0.1, 0.15) is 54.4 Å². The molecule has 0 spiro atoms. The van der Waals surface area contributed by atoms with E-state index in [1.807, 2.05) is 0 Å². The largest absolute Gasteiger partial charge is 0.462 e. The van der Waals surface area contributed by atoms with Crippen molar-refractivity contribution in [2.45, 2.75) is 72.1 Å². The number of amides is 1. The van der Waals surface area contributed by atoms with Gasteiger partial charge in [-0.05, 0) is 33.6 Å². The highest BCUT2D eigenvalue weighted by atomic mass is 16.6. The fraction of sp³-hybridized carbons (Fsp3) is 0.762. The molecule has 0 bridgehead atoms. The molecule has 1 amide bonds. The van der Waals surface area contributed by atoms with Crippen molar-refractivity contribution < 1.29 is 38.2 Å². The first-order chi connectivity index (χ1) is 13.8. The summed E-state index contributed by atoms with van der Waals surface area (Å²) in [4.78, 5) is 61.6. The van der Waals surface area contributed by atoms with Crippen molar-refractivity contribution in [1.82, 2.24) is 5.32 Å². The van der Waals surface area contributed by atoms with Gasteiger partial charge >= 0.3 is 12.1 Å². The second-order valence-electron chi connectivity index (χ2n) is 9.27. The van der Waals surface area contributed by atoms with Crippen molar-refractivity contribution in [3.63, 3.8) is 0 Å². The molecule has 3 unspecified atom stereocenters. The van der Waals surface area contributed by atoms with Gasteiger partial charge in [-0.25, -0.2) is 4.79 Å². The molecule has 0 radical (unpaired) electrons. The van der Waals surface area contributed by atoms with E-state index in [-0.39, 0.29) is 31.0 Å². The topological polar surface area (TPSA) is 125 Å². The van der Waals surface area contributed by atoms with E-state index in [2.05, 4.69) is 5.32 Å². The molecule has 2 rings (SSSR count). The summed E-state index contributed by atoms with van der Waals surface area (Å²) in [7, 11) is 0. The molecular formula is C21H31NO8. The summed E-state index contributed by atoms with van der Waals surface area (Å²) < 4.78 is 15.8. The van der Waals surface area contributed by atoms with Gasteiger partial charge in [0.15, 0.2) is 11.9 Å². The maximum atomic E-state index is 13.0. The van der Waals surface area contributed by atoms with Crippen molar-refractivity contribution in [2.24, 2.45) is 23.2 Å². The number of fused-ring (bicyclic) bond motifs is 1. The third-order valence-corrected chi connectivity index (χ3v) is 6.18. The lowest BCUT2D eigenvalue weighted by Gasteiger charge is -2.35. The zero-order chi connectivity index (χ0) is 22.9. The molecule has 2 fully saturated rings. The highest BCUT2D eigenvalue weighted by molar-refractivity contribution is 6.04. The number of ether oxygens (including phenoxy) is 3. The van der Waals surface area contributed by atoms with Crippen LogP contribution in [0.25, 0.3) is 0 Å². The van der Waals surface area contributed by atoms with Gasteiger partial charge in [0, 0.05) is 17.8 Å². The lowest BCUT2D eigenvalue weighted by molar-refractivity contribution is -0.164. The third-order valence-electron chi connectivity index (χ3n) is 6.18. The number of hydrogen-bond acceptors (Lipinski definition) is 8. The smallest absolute Gasteiger partial charge is 0.407 e. The number of nitrogens with one attached hydrogen (secondary N) is 1. The van der Waals surface area contributed by atoms with Crippen molar-refractivity contribution in [1.29, 1.82) is 0 Å². The first-order valence-corrected chi connectivity index (χ1v) is 10.2. The van der Waals surface area contributed by atoms with Crippen LogP contribution in [0.3, 0.4) is 0 Å². The SMILES string of the molecule is CC1C(=O)[C@H](C)C[C@@](C)(OC=O)C[C@@H](C)C(=O)C(C)(C)C(=O)OCC2OC(=O)NC21. The number of carbonyl (C=O) groups excluding carboxylic acids is 5. The summed E-state index contributed by atoms with van der Waals surface area (Å²) in [6.07, 6.45) is -1.20. The molecule has 2 heterocycles. The van der Waals surface area contributed by atoms with Gasteiger partial charge in [-0.3, -0.25) is 19.2 Å². The van der Waals surface area contributed by atoms with E-state index >= 15 is 0 Å². The van der Waals surface area contributed by atoms with Crippen LogP contribution in [0.15, 0.2) is 0 Å². The van der Waals surface area contributed by atoms with Crippen molar-refractivity contribution in [3.05, 3.63) is 0 Å². The fourth-order valence-electron chi connectivity index (χ4n) is 4.52. The van der Waals surface area contributed by atoms with Gasteiger partial charge in [0.2, 0.25) is 0 Å². The minimum atomic E-state index is -1.44. The normalized spacial score (nSPS) is 37.9. The monoisotopic (exact) mass is 425 g/mol. The molecule has 168 valence electrons. The highest BCUT2D eigenvalue weighted by Crippen LogP contribution is 2.35. The maximum absolute atomic E-state index is 13.0. The quantitative estimate of drug-likeness (QED) is 0.307. The van der Waals surface area contributed by atoms with Crippen LogP contribution < -0.4 is 5.32 Å². The molecule has 1 N–H and O–H groups in total. The minimum Gasteiger partial charge on any atom is -0.462 e. The van der Waals surface area contributed by atoms with E-state index in [1.54, 1.807) is 27.7 Å². The number of hydrogen-bond donors (Lipinski definition) is 1. The van der Waals surface area contributed by atoms with E-state index in [0.29, 0.717) is 6.47 Å². The Kier molecular flexibility index (Phi) is 6.94. The van der Waals surface area contributed by atoms with Crippen molar-refractivity contribution >= 4 is 30.1 Å². The average molecular weight is 425 g/mol. The molecule has 0 aromatic heterocycles. The number of Topliss-reactive ketones (excluding diaryl/α,β-unsaturated/α-hetero) is 2. The molecule has 9 heteroatoms. The zero-order valence-corrected chi connectivity index (χ0v) is 18.4. The Morgan fingerprint density at radius 2 is 1.63 bits per heavy atom. The fourth-order valence-corrected chi connectivity index (χ4v) is 4.52. The van der Waals surface area contributed by atoms with E-state index in [0.717, 1.165) is 0 Å². The lowest BCUT2D eigenvalue weighted by atomic mass is 9.74. The van der Waals surface area contributed by atoms with Crippen LogP contribution in [0, 0.1) is 23.2 Å². The molecule has 0 aromatic carbocycles. The molecule has 30 heavy (non-hydrogen) atoms. The second-order valence-corrected chi connectivity index (χ2v) is 9.27. The van der Waals surface area contributed by atoms with Crippen LogP contribution in [0.4, 0.5) is 4.79 Å². The minimum absolute atomic E-state index is 0.152. The molecule has 0 aromatic rings. The summed E-state index contributed by atoms with van der Waals surface area (Å²) in [6, 6.07) is -0.681. The Morgan fingerprint density at radius 1 is 1.03 bits per heavy atom. The van der Waals surface area contributed by atoms with E-state index < -0.39 is 53.0 Å². The molecule has 2 saturated heterocycles. The molecular weight excluding hydrogens is 394 g/mol. The van der Waals surface area contributed by atoms with Gasteiger partial charge in [0.1, 0.15) is 23.4 Å². The Bertz CT molecular complexity index is 733. The van der Waals surface area contributed by atoms with Crippen LogP contribution in [-0.2, 0) is 33.4 Å². The Labute approximate surface area is 176 Å². The predicted octanol–water partition coefficient (Wildman–Crippen LogP) is 1.80. The summed E-state index contributed by atoms with van der Waals surface area (Å²) >= 11 is 0. The van der Waals surface area contributed by atoms with Crippen LogP contribution in [0.2, 0.25) is 0 Å². The first kappa shape index (κ1) is 23.8. The van der Waals surface area contributed by atoms with Crippen molar-refractivity contribution in [2.75, 3.05) is 6.61 Å². The highest BCUT2D eigenvalue weighted by Gasteiger charge is 2.47. The number of rotatable bonds is 2. The molecule has 0 saturated carbocycles. The maximum Gasteiger partial charge on any atom is 0.407 e. The van der Waals surface area contributed by atoms with Gasteiger partial charge in [-0.1, -0.05) is 20.8 Å². The zero-order valence-electron chi connectivity index (χ0n) is 18.4. The van der Waals surface area contributed by atoms with E-state index in [9.17, 15) is 24.0 Å². The van der Waals surface area contributed by atoms with Gasteiger partial charge in [-0.2, -0.15) is 0 Å². The Hall–Kier alpha value is -2.45. The first-order valence-electron chi connectivity index (χ1n) is 10.2. The third kappa shape index (κ3) is 4.82. The van der Waals surface area contributed by atoms with Gasteiger partial charge in [-0.15, -0.1) is 0 Å². The van der Waals surface area contributed by atoms with Crippen LogP contribution in [0.5, 0.6) is 0 Å². The molecule has 2 aliphatic heterocycles. The summed E-state index contributed by atoms with van der Waals surface area (Å²) in [6.45, 7) is 9.72. The Morgan fingerprint density at radius 3 is 2.23 bits per heavy atom. The number of ketones is 2. The van der Waals surface area contributed by atoms with Gasteiger partial charge < -0.3 is 19.5 Å². The van der Waals surface area contributed by atoms with Gasteiger partial charge in [0.25, 0.3) is 6.47 Å². The summed E-state index contributed by atoms with van der Waals surface area (Å²) in [5.41, 5.74) is -2.52. The second kappa shape index (κ2) is 8.73. The number of carbonyl (C=O) groups is 5.